The maximum absolute atomic E-state index is 10.5. The summed E-state index contributed by atoms with van der Waals surface area (Å²) < 4.78 is 37.8. The Kier molecular flexibility index (Phi) is 7.23. The van der Waals surface area contributed by atoms with E-state index in [0.717, 1.165) is 18.6 Å². The highest BCUT2D eigenvalue weighted by Crippen LogP contribution is 2.34. The largest absolute Gasteiger partial charge is 0.498 e. The fraction of sp³-hybridized carbons (Fsp3) is 0.571. The van der Waals surface area contributed by atoms with Crippen LogP contribution >= 0.6 is 0 Å². The zero-order valence-electron chi connectivity index (χ0n) is 16.9. The van der Waals surface area contributed by atoms with Crippen LogP contribution in [0.4, 0.5) is 0 Å². The molecule has 1 aromatic rings. The van der Waals surface area contributed by atoms with Crippen molar-refractivity contribution in [3.05, 3.63) is 41.7 Å². The van der Waals surface area contributed by atoms with Gasteiger partial charge in [0, 0.05) is 31.8 Å². The van der Waals surface area contributed by atoms with E-state index < -0.39 is 10.1 Å². The van der Waals surface area contributed by atoms with E-state index in [1.807, 2.05) is 6.92 Å². The van der Waals surface area contributed by atoms with Crippen LogP contribution in [0.15, 0.2) is 41.0 Å². The number of allylic oxidation sites excluding steroid dienone is 2. The van der Waals surface area contributed by atoms with Crippen LogP contribution in [-0.2, 0) is 14.9 Å². The van der Waals surface area contributed by atoms with Crippen molar-refractivity contribution in [1.82, 2.24) is 0 Å². The first-order valence-corrected chi connectivity index (χ1v) is 11.0. The van der Waals surface area contributed by atoms with Gasteiger partial charge in [-0.25, -0.2) is 4.58 Å². The topological polar surface area (TPSA) is 66.6 Å². The zero-order chi connectivity index (χ0) is 20.1. The maximum Gasteiger partial charge on any atom is 0.294 e. The third kappa shape index (κ3) is 6.78. The summed E-state index contributed by atoms with van der Waals surface area (Å²) in [7, 11) is -4.02. The number of ether oxygens (including phenoxy) is 1. The fourth-order valence-electron chi connectivity index (χ4n) is 3.51. The Morgan fingerprint density at radius 3 is 2.22 bits per heavy atom. The third-order valence-corrected chi connectivity index (χ3v) is 5.67. The van der Waals surface area contributed by atoms with E-state index in [1.165, 1.54) is 56.0 Å². The predicted molar refractivity (Wildman–Crippen MR) is 108 cm³/mol. The van der Waals surface area contributed by atoms with Gasteiger partial charge in [-0.15, -0.1) is 0 Å². The SMILES string of the molecule is CCOC1=CC(=[N+]2CCCC2)CC(C)(C)C1.Cc1ccc(S(=O)(=O)O)cc1. The van der Waals surface area contributed by atoms with Gasteiger partial charge in [0.2, 0.25) is 0 Å². The number of aryl methyl sites for hydroxylation is 1. The number of benzene rings is 1. The summed E-state index contributed by atoms with van der Waals surface area (Å²) in [5, 5.41) is 0. The van der Waals surface area contributed by atoms with Crippen LogP contribution in [0.1, 0.15) is 52.0 Å². The van der Waals surface area contributed by atoms with Gasteiger partial charge in [-0.2, -0.15) is 8.42 Å². The first kappa shape index (κ1) is 21.6. The lowest BCUT2D eigenvalue weighted by atomic mass is 9.79. The second kappa shape index (κ2) is 9.02. The van der Waals surface area contributed by atoms with Crippen LogP contribution in [-0.4, -0.2) is 43.0 Å². The van der Waals surface area contributed by atoms with Crippen LogP contribution in [0, 0.1) is 12.3 Å². The maximum atomic E-state index is 10.5. The molecule has 1 saturated heterocycles. The molecule has 1 N–H and O–H groups in total. The Balaban J connectivity index is 0.000000208. The summed E-state index contributed by atoms with van der Waals surface area (Å²) in [5.41, 5.74) is 2.81. The molecule has 1 fully saturated rings. The molecule has 0 atom stereocenters. The van der Waals surface area contributed by atoms with Crippen LogP contribution in [0.3, 0.4) is 0 Å². The Labute approximate surface area is 163 Å². The van der Waals surface area contributed by atoms with E-state index in [1.54, 1.807) is 12.1 Å². The van der Waals surface area contributed by atoms with Gasteiger partial charge in [-0.05, 0) is 31.4 Å². The second-order valence-electron chi connectivity index (χ2n) is 8.04. The Bertz CT molecular complexity index is 797. The average molecular weight is 395 g/mol. The molecule has 0 amide bonds. The molecule has 1 aliphatic carbocycles. The van der Waals surface area contributed by atoms with E-state index in [0.29, 0.717) is 5.41 Å². The number of nitrogens with zero attached hydrogens (tertiary/aromatic N) is 1. The van der Waals surface area contributed by atoms with Crippen LogP contribution < -0.4 is 0 Å². The number of hydrogen-bond acceptors (Lipinski definition) is 3. The third-order valence-electron chi connectivity index (χ3n) is 4.80. The molecular formula is C21H32NO4S+. The normalized spacial score (nSPS) is 19.2. The highest BCUT2D eigenvalue weighted by molar-refractivity contribution is 7.85. The monoisotopic (exact) mass is 394 g/mol. The van der Waals surface area contributed by atoms with Crippen LogP contribution in [0.25, 0.3) is 0 Å². The molecule has 150 valence electrons. The lowest BCUT2D eigenvalue weighted by molar-refractivity contribution is -0.507. The van der Waals surface area contributed by atoms with Gasteiger partial charge in [-0.3, -0.25) is 4.55 Å². The van der Waals surface area contributed by atoms with E-state index in [9.17, 15) is 8.42 Å². The first-order chi connectivity index (χ1) is 12.6. The van der Waals surface area contributed by atoms with Gasteiger partial charge in [0.05, 0.1) is 11.5 Å². The highest BCUT2D eigenvalue weighted by atomic mass is 32.2. The summed E-state index contributed by atoms with van der Waals surface area (Å²) in [4.78, 5) is -0.0666. The molecule has 0 aromatic heterocycles. The molecule has 2 aliphatic rings. The van der Waals surface area contributed by atoms with Crippen molar-refractivity contribution in [1.29, 1.82) is 0 Å². The van der Waals surface area contributed by atoms with Crippen LogP contribution in [0.2, 0.25) is 0 Å². The lowest BCUT2D eigenvalue weighted by Gasteiger charge is -2.28. The Hall–Kier alpha value is -1.66. The van der Waals surface area contributed by atoms with E-state index in [-0.39, 0.29) is 4.90 Å². The van der Waals surface area contributed by atoms with Crippen molar-refractivity contribution in [3.63, 3.8) is 0 Å². The van der Waals surface area contributed by atoms with Gasteiger partial charge < -0.3 is 4.74 Å². The van der Waals surface area contributed by atoms with Crippen molar-refractivity contribution in [3.8, 4) is 0 Å². The molecule has 6 heteroatoms. The molecule has 1 heterocycles. The van der Waals surface area contributed by atoms with Crippen molar-refractivity contribution >= 4 is 15.8 Å². The first-order valence-electron chi connectivity index (χ1n) is 9.59. The van der Waals surface area contributed by atoms with Gasteiger partial charge in [0.25, 0.3) is 10.1 Å². The molecular weight excluding hydrogens is 362 g/mol. The van der Waals surface area contributed by atoms with Crippen LogP contribution in [0.5, 0.6) is 0 Å². The van der Waals surface area contributed by atoms with Crippen molar-refractivity contribution in [2.45, 2.75) is 58.3 Å². The quantitative estimate of drug-likeness (QED) is 0.616. The minimum Gasteiger partial charge on any atom is -0.498 e. The smallest absolute Gasteiger partial charge is 0.294 e. The zero-order valence-corrected chi connectivity index (χ0v) is 17.7. The van der Waals surface area contributed by atoms with Gasteiger partial charge in [0.1, 0.15) is 18.8 Å². The van der Waals surface area contributed by atoms with E-state index in [4.69, 9.17) is 9.29 Å². The van der Waals surface area contributed by atoms with E-state index >= 15 is 0 Å². The van der Waals surface area contributed by atoms with E-state index in [2.05, 4.69) is 31.4 Å². The molecule has 0 saturated carbocycles. The number of hydrogen-bond donors (Lipinski definition) is 1. The summed E-state index contributed by atoms with van der Waals surface area (Å²) in [5.74, 6) is 1.18. The molecule has 3 rings (SSSR count). The summed E-state index contributed by atoms with van der Waals surface area (Å²) in [6, 6.07) is 5.99. The Morgan fingerprint density at radius 1 is 1.11 bits per heavy atom. The second-order valence-corrected chi connectivity index (χ2v) is 9.46. The molecule has 1 aliphatic heterocycles. The summed E-state index contributed by atoms with van der Waals surface area (Å²) in [6.45, 7) is 11.9. The van der Waals surface area contributed by atoms with Gasteiger partial charge in [0.15, 0.2) is 5.71 Å². The average Bonchev–Trinajstić information content (AvgIpc) is 3.08. The minimum absolute atomic E-state index is 0.0666. The van der Waals surface area contributed by atoms with Gasteiger partial charge >= 0.3 is 0 Å². The molecule has 1 aromatic carbocycles. The lowest BCUT2D eigenvalue weighted by Crippen LogP contribution is -2.29. The summed E-state index contributed by atoms with van der Waals surface area (Å²) in [6.07, 6.45) is 7.27. The number of rotatable bonds is 3. The fourth-order valence-corrected chi connectivity index (χ4v) is 3.99. The molecule has 5 nitrogen and oxygen atoms in total. The minimum atomic E-state index is -4.02. The standard InChI is InChI=1S/C14H24NO.C7H8O3S/c1-4-16-13-9-12(10-14(2,3)11-13)15-7-5-6-8-15;1-6-2-4-7(5-3-6)11(8,9)10/h9H,4-8,10-11H2,1-3H3;2-5H,1H3,(H,8,9,10)/q+1;. The van der Waals surface area contributed by atoms with Crippen molar-refractivity contribution in [2.24, 2.45) is 5.41 Å². The molecule has 27 heavy (non-hydrogen) atoms. The Morgan fingerprint density at radius 2 is 1.70 bits per heavy atom. The molecule has 0 unspecified atom stereocenters. The predicted octanol–water partition coefficient (Wildman–Crippen LogP) is 4.22. The van der Waals surface area contributed by atoms with Gasteiger partial charge in [-0.1, -0.05) is 31.5 Å². The van der Waals surface area contributed by atoms with Crippen molar-refractivity contribution < 1.29 is 22.3 Å². The molecule has 0 bridgehead atoms. The molecule has 0 spiro atoms. The highest BCUT2D eigenvalue weighted by Gasteiger charge is 2.32. The summed E-state index contributed by atoms with van der Waals surface area (Å²) >= 11 is 0. The molecule has 0 radical (unpaired) electrons. The van der Waals surface area contributed by atoms with Crippen molar-refractivity contribution in [2.75, 3.05) is 19.7 Å².